The van der Waals surface area contributed by atoms with Crippen molar-refractivity contribution < 1.29 is 4.84 Å². The highest BCUT2D eigenvalue weighted by Crippen LogP contribution is 1.96. The van der Waals surface area contributed by atoms with E-state index >= 15 is 0 Å². The number of unbranched alkanes of at least 4 members (excludes halogenated alkanes) is 2. The maximum absolute atomic E-state index is 5.67. The Hall–Kier alpha value is -0.610. The molecular weight excluding hydrogens is 166 g/mol. The molecule has 4 heteroatoms. The Morgan fingerprint density at radius 1 is 1.31 bits per heavy atom. The van der Waals surface area contributed by atoms with Crippen molar-refractivity contribution >= 4 is 5.84 Å². The van der Waals surface area contributed by atoms with Crippen LogP contribution in [-0.4, -0.2) is 19.0 Å². The van der Waals surface area contributed by atoms with E-state index in [0.29, 0.717) is 6.61 Å². The van der Waals surface area contributed by atoms with Gasteiger partial charge in [0, 0.05) is 13.0 Å². The summed E-state index contributed by atoms with van der Waals surface area (Å²) in [6.07, 6.45) is 5.08. The highest BCUT2D eigenvalue weighted by molar-refractivity contribution is 5.80. The second kappa shape index (κ2) is 9.48. The fraction of sp³-hybridized carbons (Fsp3) is 0.889. The van der Waals surface area contributed by atoms with Crippen LogP contribution in [0.25, 0.3) is 0 Å². The third kappa shape index (κ3) is 9.30. The minimum atomic E-state index is 0.599. The van der Waals surface area contributed by atoms with Gasteiger partial charge in [0.2, 0.25) is 0 Å². The lowest BCUT2D eigenvalue weighted by molar-refractivity contribution is 0.134. The SMILES string of the molecule is CCCCN=C(N)CCCCON. The molecule has 0 amide bonds. The predicted molar refractivity (Wildman–Crippen MR) is 55.4 cm³/mol. The highest BCUT2D eigenvalue weighted by atomic mass is 16.6. The first-order chi connectivity index (χ1) is 6.31. The van der Waals surface area contributed by atoms with Crippen molar-refractivity contribution in [3.8, 4) is 0 Å². The fourth-order valence-corrected chi connectivity index (χ4v) is 0.951. The lowest BCUT2D eigenvalue weighted by atomic mass is 10.2. The summed E-state index contributed by atoms with van der Waals surface area (Å²) in [4.78, 5) is 8.68. The molecule has 0 heterocycles. The van der Waals surface area contributed by atoms with Gasteiger partial charge in [-0.3, -0.25) is 4.99 Å². The van der Waals surface area contributed by atoms with Gasteiger partial charge in [-0.1, -0.05) is 13.3 Å². The molecule has 0 saturated heterocycles. The van der Waals surface area contributed by atoms with E-state index in [-0.39, 0.29) is 0 Å². The van der Waals surface area contributed by atoms with Crippen molar-refractivity contribution in [2.24, 2.45) is 16.6 Å². The van der Waals surface area contributed by atoms with Gasteiger partial charge in [0.05, 0.1) is 12.4 Å². The first-order valence-corrected chi connectivity index (χ1v) is 4.91. The Morgan fingerprint density at radius 2 is 2.08 bits per heavy atom. The lowest BCUT2D eigenvalue weighted by Gasteiger charge is -2.00. The molecule has 78 valence electrons. The van der Waals surface area contributed by atoms with Crippen LogP contribution in [0.5, 0.6) is 0 Å². The molecule has 4 N–H and O–H groups in total. The lowest BCUT2D eigenvalue weighted by Crippen LogP contribution is -2.12. The van der Waals surface area contributed by atoms with Gasteiger partial charge < -0.3 is 10.6 Å². The number of hydrogen-bond donors (Lipinski definition) is 2. The van der Waals surface area contributed by atoms with E-state index in [0.717, 1.165) is 44.5 Å². The summed E-state index contributed by atoms with van der Waals surface area (Å²) in [7, 11) is 0. The smallest absolute Gasteiger partial charge is 0.0937 e. The van der Waals surface area contributed by atoms with Crippen LogP contribution in [0.15, 0.2) is 4.99 Å². The third-order valence-corrected chi connectivity index (χ3v) is 1.77. The molecule has 0 rings (SSSR count). The number of amidine groups is 1. The van der Waals surface area contributed by atoms with Gasteiger partial charge in [-0.2, -0.15) is 0 Å². The van der Waals surface area contributed by atoms with Crippen LogP contribution in [0.3, 0.4) is 0 Å². The minimum Gasteiger partial charge on any atom is -0.387 e. The van der Waals surface area contributed by atoms with Gasteiger partial charge in [-0.05, 0) is 19.3 Å². The van der Waals surface area contributed by atoms with Gasteiger partial charge in [0.25, 0.3) is 0 Å². The Balaban J connectivity index is 3.27. The first-order valence-electron chi connectivity index (χ1n) is 4.91. The molecule has 4 nitrogen and oxygen atoms in total. The molecule has 0 spiro atoms. The standard InChI is InChI=1S/C9H21N3O/c1-2-3-7-12-9(10)6-4-5-8-13-11/h2-8,11H2,1H3,(H2,10,12). The topological polar surface area (TPSA) is 73.6 Å². The zero-order valence-electron chi connectivity index (χ0n) is 8.46. The van der Waals surface area contributed by atoms with Crippen molar-refractivity contribution in [3.05, 3.63) is 0 Å². The number of hydrogen-bond acceptors (Lipinski definition) is 3. The number of rotatable bonds is 8. The summed E-state index contributed by atoms with van der Waals surface area (Å²) in [6, 6.07) is 0. The summed E-state index contributed by atoms with van der Waals surface area (Å²) in [5, 5.41) is 0. The third-order valence-electron chi connectivity index (χ3n) is 1.77. The van der Waals surface area contributed by atoms with E-state index in [2.05, 4.69) is 16.8 Å². The van der Waals surface area contributed by atoms with Crippen LogP contribution >= 0.6 is 0 Å². The largest absolute Gasteiger partial charge is 0.387 e. The summed E-state index contributed by atoms with van der Waals surface area (Å²) < 4.78 is 0. The van der Waals surface area contributed by atoms with E-state index in [1.54, 1.807) is 0 Å². The maximum Gasteiger partial charge on any atom is 0.0937 e. The second-order valence-electron chi connectivity index (χ2n) is 3.05. The molecule has 0 saturated carbocycles. The molecule has 0 aromatic rings. The van der Waals surface area contributed by atoms with Crippen LogP contribution in [-0.2, 0) is 4.84 Å². The van der Waals surface area contributed by atoms with Crippen LogP contribution in [0.4, 0.5) is 0 Å². The molecule has 0 bridgehead atoms. The molecule has 0 aromatic carbocycles. The van der Waals surface area contributed by atoms with Crippen LogP contribution in [0.1, 0.15) is 39.0 Å². The molecular formula is C9H21N3O. The number of aliphatic imine (C=N–C) groups is 1. The monoisotopic (exact) mass is 187 g/mol. The van der Waals surface area contributed by atoms with Crippen LogP contribution in [0, 0.1) is 0 Å². The Labute approximate surface area is 80.3 Å². The van der Waals surface area contributed by atoms with Crippen LogP contribution < -0.4 is 11.6 Å². The zero-order valence-corrected chi connectivity index (χ0v) is 8.46. The highest BCUT2D eigenvalue weighted by Gasteiger charge is 1.92. The van der Waals surface area contributed by atoms with Crippen LogP contribution in [0.2, 0.25) is 0 Å². The normalized spacial score (nSPS) is 12.0. The number of nitrogens with two attached hydrogens (primary N) is 2. The Morgan fingerprint density at radius 3 is 2.69 bits per heavy atom. The maximum atomic E-state index is 5.67. The van der Waals surface area contributed by atoms with Crippen molar-refractivity contribution in [2.75, 3.05) is 13.2 Å². The molecule has 0 radical (unpaired) electrons. The van der Waals surface area contributed by atoms with E-state index in [1.165, 1.54) is 0 Å². The molecule has 0 aliphatic carbocycles. The number of nitrogens with zero attached hydrogens (tertiary/aromatic N) is 1. The van der Waals surface area contributed by atoms with Crippen molar-refractivity contribution in [3.63, 3.8) is 0 Å². The average molecular weight is 187 g/mol. The summed E-state index contributed by atoms with van der Waals surface area (Å²) in [6.45, 7) is 3.60. The summed E-state index contributed by atoms with van der Waals surface area (Å²) >= 11 is 0. The molecule has 0 aromatic heterocycles. The Kier molecular flexibility index (Phi) is 9.03. The van der Waals surface area contributed by atoms with Crippen molar-refractivity contribution in [1.82, 2.24) is 0 Å². The van der Waals surface area contributed by atoms with E-state index in [1.807, 2.05) is 0 Å². The first kappa shape index (κ1) is 12.4. The van der Waals surface area contributed by atoms with Crippen molar-refractivity contribution in [1.29, 1.82) is 0 Å². The Bertz CT molecular complexity index is 137. The van der Waals surface area contributed by atoms with E-state index in [9.17, 15) is 0 Å². The van der Waals surface area contributed by atoms with E-state index < -0.39 is 0 Å². The molecule has 0 unspecified atom stereocenters. The molecule has 13 heavy (non-hydrogen) atoms. The molecule has 0 atom stereocenters. The predicted octanol–water partition coefficient (Wildman–Crippen LogP) is 1.20. The summed E-state index contributed by atoms with van der Waals surface area (Å²) in [5.41, 5.74) is 5.67. The summed E-state index contributed by atoms with van der Waals surface area (Å²) in [5.74, 6) is 5.64. The fourth-order valence-electron chi connectivity index (χ4n) is 0.951. The van der Waals surface area contributed by atoms with Gasteiger partial charge in [-0.25, -0.2) is 5.90 Å². The van der Waals surface area contributed by atoms with Gasteiger partial charge in [0.1, 0.15) is 0 Å². The second-order valence-corrected chi connectivity index (χ2v) is 3.05. The van der Waals surface area contributed by atoms with Crippen molar-refractivity contribution in [2.45, 2.75) is 39.0 Å². The zero-order chi connectivity index (χ0) is 9.94. The minimum absolute atomic E-state index is 0.599. The quantitative estimate of drug-likeness (QED) is 0.259. The van der Waals surface area contributed by atoms with Gasteiger partial charge in [-0.15, -0.1) is 0 Å². The van der Waals surface area contributed by atoms with Gasteiger partial charge >= 0.3 is 0 Å². The molecule has 0 aliphatic rings. The average Bonchev–Trinajstić information content (AvgIpc) is 2.13. The van der Waals surface area contributed by atoms with E-state index in [4.69, 9.17) is 11.6 Å². The van der Waals surface area contributed by atoms with Gasteiger partial charge in [0.15, 0.2) is 0 Å². The molecule has 0 fully saturated rings. The molecule has 0 aliphatic heterocycles.